The number of hydrazine groups is 1. The molecule has 0 unspecified atom stereocenters. The number of benzene rings is 1. The van der Waals surface area contributed by atoms with Crippen molar-refractivity contribution in [2.24, 2.45) is 0 Å². The lowest BCUT2D eigenvalue weighted by atomic mass is 10.2. The maximum atomic E-state index is 12.8. The Morgan fingerprint density at radius 3 is 2.81 bits per heavy atom. The fraction of sp³-hybridized carbons (Fsp3) is 0.350. The number of anilines is 1. The minimum absolute atomic E-state index is 0.240. The number of carbonyl (C=O) groups is 1. The molecule has 0 bridgehead atoms. The summed E-state index contributed by atoms with van der Waals surface area (Å²) in [4.78, 5) is 22.2. The number of rotatable bonds is 3. The number of carbonyl (C=O) groups excluding carboxylic acids is 1. The number of hydrogen-bond acceptors (Lipinski definition) is 4. The van der Waals surface area contributed by atoms with Crippen LogP contribution >= 0.6 is 11.6 Å². The van der Waals surface area contributed by atoms with Gasteiger partial charge in [-0.1, -0.05) is 24.1 Å². The van der Waals surface area contributed by atoms with Crippen LogP contribution in [-0.2, 0) is 13.0 Å². The number of pyridine rings is 1. The second kappa shape index (κ2) is 7.19. The second-order valence-corrected chi connectivity index (χ2v) is 7.42. The summed E-state index contributed by atoms with van der Waals surface area (Å²) in [7, 11) is 0. The van der Waals surface area contributed by atoms with E-state index in [1.54, 1.807) is 12.1 Å². The van der Waals surface area contributed by atoms with Crippen LogP contribution in [0.2, 0.25) is 5.02 Å². The first-order chi connectivity index (χ1) is 13.0. The fourth-order valence-electron chi connectivity index (χ4n) is 3.46. The minimum Gasteiger partial charge on any atom is -0.313 e. The predicted octanol–water partition coefficient (Wildman–Crippen LogP) is 4.18. The maximum absolute atomic E-state index is 12.8. The smallest absolute Gasteiger partial charge is 0.272 e. The molecule has 0 saturated heterocycles. The van der Waals surface area contributed by atoms with Gasteiger partial charge in [-0.05, 0) is 50.5 Å². The number of aryl methyl sites for hydroxylation is 4. The minimum atomic E-state index is -0.240. The first kappa shape index (κ1) is 17.8. The third kappa shape index (κ3) is 3.49. The van der Waals surface area contributed by atoms with Gasteiger partial charge >= 0.3 is 0 Å². The van der Waals surface area contributed by atoms with Crippen LogP contribution in [0.5, 0.6) is 0 Å². The molecule has 1 aliphatic heterocycles. The number of imidazole rings is 1. The van der Waals surface area contributed by atoms with E-state index in [-0.39, 0.29) is 5.91 Å². The van der Waals surface area contributed by atoms with Gasteiger partial charge in [-0.15, -0.1) is 0 Å². The molecule has 7 heteroatoms. The molecule has 0 aliphatic carbocycles. The summed E-state index contributed by atoms with van der Waals surface area (Å²) in [6.07, 6.45) is 4.37. The van der Waals surface area contributed by atoms with Crippen molar-refractivity contribution in [3.05, 3.63) is 51.9 Å². The molecule has 27 heavy (non-hydrogen) atoms. The van der Waals surface area contributed by atoms with Crippen molar-refractivity contribution in [2.45, 2.75) is 46.1 Å². The Bertz CT molecular complexity index is 1030. The Morgan fingerprint density at radius 2 is 2.00 bits per heavy atom. The Hall–Kier alpha value is -2.60. The Kier molecular flexibility index (Phi) is 4.74. The van der Waals surface area contributed by atoms with Gasteiger partial charge < -0.3 is 4.57 Å². The number of nitrogens with one attached hydrogen (secondary N) is 2. The molecule has 140 valence electrons. The molecule has 4 rings (SSSR count). The van der Waals surface area contributed by atoms with Crippen molar-refractivity contribution in [1.29, 1.82) is 0 Å². The number of halogens is 1. The number of amides is 1. The van der Waals surface area contributed by atoms with Crippen LogP contribution in [0.1, 0.15) is 46.7 Å². The Labute approximate surface area is 162 Å². The zero-order valence-electron chi connectivity index (χ0n) is 15.5. The van der Waals surface area contributed by atoms with Gasteiger partial charge in [-0.2, -0.15) is 0 Å². The second-order valence-electron chi connectivity index (χ2n) is 7.02. The van der Waals surface area contributed by atoms with Crippen molar-refractivity contribution < 1.29 is 4.79 Å². The van der Waals surface area contributed by atoms with E-state index in [9.17, 15) is 4.79 Å². The molecule has 1 aliphatic rings. The molecule has 3 aromatic rings. The van der Waals surface area contributed by atoms with Crippen molar-refractivity contribution >= 4 is 34.4 Å². The molecule has 0 atom stereocenters. The predicted molar refractivity (Wildman–Crippen MR) is 107 cm³/mol. The highest BCUT2D eigenvalue weighted by atomic mass is 35.5. The number of nitrogens with zero attached hydrogens (tertiary/aromatic N) is 3. The topological polar surface area (TPSA) is 71.8 Å². The summed E-state index contributed by atoms with van der Waals surface area (Å²) in [6, 6.07) is 7.34. The zero-order valence-corrected chi connectivity index (χ0v) is 16.2. The Balaban J connectivity index is 1.64. The van der Waals surface area contributed by atoms with E-state index in [4.69, 9.17) is 16.6 Å². The van der Waals surface area contributed by atoms with Crippen LogP contribution in [-0.4, -0.2) is 20.4 Å². The van der Waals surface area contributed by atoms with E-state index in [0.29, 0.717) is 16.1 Å². The van der Waals surface area contributed by atoms with E-state index < -0.39 is 0 Å². The molecule has 3 heterocycles. The van der Waals surface area contributed by atoms with E-state index in [0.717, 1.165) is 54.2 Å². The van der Waals surface area contributed by atoms with Gasteiger partial charge in [0.1, 0.15) is 11.3 Å². The Morgan fingerprint density at radius 1 is 1.15 bits per heavy atom. The summed E-state index contributed by atoms with van der Waals surface area (Å²) in [6.45, 7) is 4.74. The zero-order chi connectivity index (χ0) is 19.0. The monoisotopic (exact) mass is 383 g/mol. The lowest BCUT2D eigenvalue weighted by Crippen LogP contribution is -2.29. The van der Waals surface area contributed by atoms with E-state index in [2.05, 4.69) is 20.4 Å². The standard InChI is InChI=1S/C20H22ClN5O/c1-12-7-8-14(11-16(12)21)24-25-20(27)15-10-13(2)22-19-18(15)23-17-6-4-3-5-9-26(17)19/h7-8,10-11,24H,3-6,9H2,1-2H3,(H,25,27). The largest absolute Gasteiger partial charge is 0.313 e. The molecule has 2 N–H and O–H groups in total. The lowest BCUT2D eigenvalue weighted by Gasteiger charge is -2.11. The first-order valence-electron chi connectivity index (χ1n) is 9.22. The van der Waals surface area contributed by atoms with Crippen LogP contribution in [0.25, 0.3) is 11.2 Å². The average Bonchev–Trinajstić information content (AvgIpc) is 2.83. The fourth-order valence-corrected chi connectivity index (χ4v) is 3.64. The van der Waals surface area contributed by atoms with Crippen molar-refractivity contribution in [1.82, 2.24) is 20.0 Å². The number of aromatic nitrogens is 3. The van der Waals surface area contributed by atoms with Crippen LogP contribution in [0.3, 0.4) is 0 Å². The molecule has 0 radical (unpaired) electrons. The highest BCUT2D eigenvalue weighted by Gasteiger charge is 2.20. The van der Waals surface area contributed by atoms with Gasteiger partial charge in [0.05, 0.1) is 11.3 Å². The van der Waals surface area contributed by atoms with Crippen LogP contribution in [0.15, 0.2) is 24.3 Å². The highest BCUT2D eigenvalue weighted by Crippen LogP contribution is 2.24. The molecular weight excluding hydrogens is 362 g/mol. The quantitative estimate of drug-likeness (QED) is 0.665. The molecule has 1 amide bonds. The van der Waals surface area contributed by atoms with Gasteiger partial charge in [0.15, 0.2) is 5.65 Å². The van der Waals surface area contributed by atoms with Gasteiger partial charge in [-0.25, -0.2) is 9.97 Å². The third-order valence-electron chi connectivity index (χ3n) is 4.93. The van der Waals surface area contributed by atoms with Crippen LogP contribution < -0.4 is 10.9 Å². The van der Waals surface area contributed by atoms with E-state index in [1.807, 2.05) is 26.0 Å². The van der Waals surface area contributed by atoms with Gasteiger partial charge in [0, 0.05) is 23.7 Å². The average molecular weight is 384 g/mol. The van der Waals surface area contributed by atoms with Crippen molar-refractivity contribution in [3.8, 4) is 0 Å². The van der Waals surface area contributed by atoms with Crippen molar-refractivity contribution in [3.63, 3.8) is 0 Å². The number of hydrogen-bond donors (Lipinski definition) is 2. The molecular formula is C20H22ClN5O. The van der Waals surface area contributed by atoms with Gasteiger partial charge in [-0.3, -0.25) is 15.6 Å². The van der Waals surface area contributed by atoms with Gasteiger partial charge in [0.2, 0.25) is 0 Å². The summed E-state index contributed by atoms with van der Waals surface area (Å²) < 4.78 is 2.17. The van der Waals surface area contributed by atoms with E-state index in [1.165, 1.54) is 6.42 Å². The lowest BCUT2D eigenvalue weighted by molar-refractivity contribution is 0.0964. The SMILES string of the molecule is Cc1cc(C(=O)NNc2ccc(C)c(Cl)c2)c2nc3n(c2n1)CCCCC3. The normalized spacial score (nSPS) is 13.9. The molecule has 0 spiro atoms. The van der Waals surface area contributed by atoms with E-state index >= 15 is 0 Å². The van der Waals surface area contributed by atoms with Gasteiger partial charge in [0.25, 0.3) is 5.91 Å². The highest BCUT2D eigenvalue weighted by molar-refractivity contribution is 6.31. The molecule has 0 fully saturated rings. The maximum Gasteiger partial charge on any atom is 0.272 e. The van der Waals surface area contributed by atoms with Crippen molar-refractivity contribution in [2.75, 3.05) is 5.43 Å². The summed E-state index contributed by atoms with van der Waals surface area (Å²) in [5.74, 6) is 0.781. The molecule has 6 nitrogen and oxygen atoms in total. The third-order valence-corrected chi connectivity index (χ3v) is 5.34. The molecule has 2 aromatic heterocycles. The molecule has 0 saturated carbocycles. The summed E-state index contributed by atoms with van der Waals surface area (Å²) >= 11 is 6.14. The first-order valence-corrected chi connectivity index (χ1v) is 9.60. The summed E-state index contributed by atoms with van der Waals surface area (Å²) in [5.41, 5.74) is 10.2. The number of fused-ring (bicyclic) bond motifs is 3. The van der Waals surface area contributed by atoms with Crippen LogP contribution in [0, 0.1) is 13.8 Å². The van der Waals surface area contributed by atoms with Crippen LogP contribution in [0.4, 0.5) is 5.69 Å². The summed E-state index contributed by atoms with van der Waals surface area (Å²) in [5, 5.41) is 0.647. The molecule has 1 aromatic carbocycles.